The smallest absolute Gasteiger partial charge is 0.550 e. The molecule has 12 amide bonds. The molecule has 35 heteroatoms. The molecule has 2 aliphatic rings. The first-order valence-corrected chi connectivity index (χ1v) is 34.5. The third-order valence-corrected chi connectivity index (χ3v) is 18.1. The molecule has 0 radical (unpaired) electrons. The number of primary amides is 1. The van der Waals surface area contributed by atoms with Crippen molar-refractivity contribution in [1.29, 1.82) is 0 Å². The van der Waals surface area contributed by atoms with E-state index < -0.39 is 193 Å². The number of benzene rings is 1. The van der Waals surface area contributed by atoms with E-state index in [0.717, 1.165) is 0 Å². The third kappa shape index (κ3) is 28.7. The SMILES string of the molecule is CC[C@H](C)[C@H](NC(=O)[C@@H](CCC(=O)[O-])NC(=O)[C@H](CC(C)C)NC(=O)[C@@H]1CSC([C@@H](N)C(C)C)=N1)C(=O)N[C@H]1CCCCNC(=O)[C@H](CC(N)=O)NC(=O)[C@@H](CC(=O)[O-])NC(=O)[C@H](Cc2cnc[nH]2)NC(=O)[C@@H](Cc2ccccc2)NC(=O)[C@H]([C@@H](C)CC)NC(=O)[C@@H](CCCN)NC1=O.[Zn+2]. The number of rotatable bonds is 30. The molecule has 0 unspecified atom stereocenters. The van der Waals surface area contributed by atoms with Crippen molar-refractivity contribution in [2.75, 3.05) is 18.8 Å². The summed E-state index contributed by atoms with van der Waals surface area (Å²) in [6.45, 7) is 13.9. The minimum Gasteiger partial charge on any atom is -0.550 e. The number of carbonyl (C=O) groups is 14. The Morgan fingerprint density at radius 3 is 1.86 bits per heavy atom. The zero-order valence-electron chi connectivity index (χ0n) is 58.1. The fraction of sp³-hybridized carbons (Fsp3) is 0.631. The van der Waals surface area contributed by atoms with Crippen LogP contribution in [0.3, 0.4) is 0 Å². The van der Waals surface area contributed by atoms with E-state index in [0.29, 0.717) is 10.6 Å². The van der Waals surface area contributed by atoms with Crippen LogP contribution in [0.5, 0.6) is 0 Å². The van der Waals surface area contributed by atoms with Crippen LogP contribution in [0, 0.1) is 23.7 Å². The topological polar surface area (TPSA) is 537 Å². The zero-order valence-corrected chi connectivity index (χ0v) is 61.9. The van der Waals surface area contributed by atoms with Crippen molar-refractivity contribution >= 4 is 99.6 Å². The molecular weight excluding hydrogens is 1370 g/mol. The number of thioether (sulfide) groups is 1. The quantitative estimate of drug-likeness (QED) is 0.0327. The molecule has 2 aliphatic heterocycles. The van der Waals surface area contributed by atoms with Gasteiger partial charge in [0.25, 0.3) is 0 Å². The van der Waals surface area contributed by atoms with Crippen molar-refractivity contribution in [2.45, 2.75) is 218 Å². The van der Waals surface area contributed by atoms with E-state index >= 15 is 0 Å². The minimum absolute atomic E-state index is 0. The van der Waals surface area contributed by atoms with Crippen LogP contribution in [0.2, 0.25) is 0 Å². The Kier molecular flexibility index (Phi) is 37.1. The van der Waals surface area contributed by atoms with Crippen LogP contribution in [0.4, 0.5) is 0 Å². The molecule has 33 nitrogen and oxygen atoms in total. The van der Waals surface area contributed by atoms with Gasteiger partial charge in [0.15, 0.2) is 0 Å². The van der Waals surface area contributed by atoms with Gasteiger partial charge in [0, 0.05) is 55.4 Å². The maximum atomic E-state index is 14.9. The Bertz CT molecular complexity index is 3150. The molecule has 1 fully saturated rings. The molecule has 0 bridgehead atoms. The summed E-state index contributed by atoms with van der Waals surface area (Å²) in [5.41, 5.74) is 18.5. The molecule has 100 heavy (non-hydrogen) atoms. The number of carbonyl (C=O) groups excluding carboxylic acids is 14. The first-order valence-electron chi connectivity index (χ1n) is 33.5. The molecule has 548 valence electrons. The molecule has 3 heterocycles. The number of carboxylic acids is 2. The molecule has 1 aromatic carbocycles. The van der Waals surface area contributed by atoms with E-state index in [1.165, 1.54) is 24.3 Å². The van der Waals surface area contributed by atoms with Gasteiger partial charge in [0.05, 0.1) is 23.8 Å². The summed E-state index contributed by atoms with van der Waals surface area (Å²) >= 11 is 1.32. The monoisotopic (exact) mass is 1470 g/mol. The normalized spacial score (nSPS) is 22.8. The third-order valence-electron chi connectivity index (χ3n) is 16.9. The molecule has 4 rings (SSSR count). The van der Waals surface area contributed by atoms with Crippen molar-refractivity contribution in [2.24, 2.45) is 45.9 Å². The number of imidazole rings is 1. The van der Waals surface area contributed by atoms with Gasteiger partial charge in [-0.1, -0.05) is 98.6 Å². The maximum absolute atomic E-state index is 14.9. The molecule has 2 aromatic rings. The number of aliphatic imine (C=N–C) groups is 1. The number of nitrogens with zero attached hydrogens (tertiary/aromatic N) is 2. The fourth-order valence-electron chi connectivity index (χ4n) is 10.6. The van der Waals surface area contributed by atoms with Crippen LogP contribution in [-0.2, 0) is 99.4 Å². The number of carboxylic acid groups (broad SMARTS) is 2. The van der Waals surface area contributed by atoms with Crippen molar-refractivity contribution in [3.63, 3.8) is 0 Å². The number of aliphatic carboxylic acids is 2. The van der Waals surface area contributed by atoms with Crippen LogP contribution < -0.4 is 85.9 Å². The van der Waals surface area contributed by atoms with Crippen molar-refractivity contribution in [3.05, 3.63) is 54.1 Å². The number of aromatic nitrogens is 2. The Morgan fingerprint density at radius 1 is 0.680 bits per heavy atom. The van der Waals surface area contributed by atoms with Gasteiger partial charge in [-0.3, -0.25) is 62.5 Å². The van der Waals surface area contributed by atoms with Gasteiger partial charge < -0.3 is 100 Å². The Balaban J connectivity index is 0.0000260. The van der Waals surface area contributed by atoms with Crippen LogP contribution in [0.25, 0.3) is 0 Å². The summed E-state index contributed by atoms with van der Waals surface area (Å²) in [6, 6.07) is -8.64. The van der Waals surface area contributed by atoms with Gasteiger partial charge in [0.1, 0.15) is 66.5 Å². The van der Waals surface area contributed by atoms with Crippen LogP contribution in [-0.4, -0.2) is 189 Å². The van der Waals surface area contributed by atoms with Crippen molar-refractivity contribution < 1.29 is 96.8 Å². The van der Waals surface area contributed by atoms with Crippen LogP contribution in [0.1, 0.15) is 144 Å². The minimum atomic E-state index is -2.01. The Morgan fingerprint density at radius 2 is 1.28 bits per heavy atom. The number of hydrogen-bond acceptors (Lipinski definition) is 21. The van der Waals surface area contributed by atoms with E-state index in [1.54, 1.807) is 71.9 Å². The summed E-state index contributed by atoms with van der Waals surface area (Å²) < 4.78 is 0. The molecular formula is C65H99N17O16SZn. The number of nitrogens with two attached hydrogens (primary N) is 3. The fourth-order valence-corrected chi connectivity index (χ4v) is 11.9. The van der Waals surface area contributed by atoms with E-state index in [4.69, 9.17) is 17.2 Å². The van der Waals surface area contributed by atoms with Crippen molar-refractivity contribution in [1.82, 2.24) is 68.5 Å². The summed E-state index contributed by atoms with van der Waals surface area (Å²) in [4.78, 5) is 206. The summed E-state index contributed by atoms with van der Waals surface area (Å²) in [6.07, 6.45) is -0.860. The number of H-pyrrole nitrogens is 1. The van der Waals surface area contributed by atoms with Gasteiger partial charge >= 0.3 is 19.5 Å². The Labute approximate surface area is 598 Å². The van der Waals surface area contributed by atoms with E-state index in [9.17, 15) is 77.3 Å². The first kappa shape index (κ1) is 85.8. The molecule has 1 saturated heterocycles. The molecule has 0 saturated carbocycles. The first-order chi connectivity index (χ1) is 46.8. The summed E-state index contributed by atoms with van der Waals surface area (Å²) in [5, 5.41) is 53.1. The van der Waals surface area contributed by atoms with Gasteiger partial charge in [-0.05, 0) is 87.1 Å². The number of hydrogen-bond donors (Lipinski definition) is 15. The van der Waals surface area contributed by atoms with Gasteiger partial charge in [0.2, 0.25) is 70.9 Å². The number of amides is 12. The predicted octanol–water partition coefficient (Wildman–Crippen LogP) is -4.74. The second kappa shape index (κ2) is 43.3. The zero-order chi connectivity index (χ0) is 73.6. The molecule has 0 aliphatic carbocycles. The standard InChI is InChI=1S/C65H101N17O16S.Zn/c1-9-35(7)52(82-57(91)41(21-22-49(84)85)73-58(92)42(25-33(3)4)75-62(96)47-31-99-65(80-47)51(68)34(5)6)63(97)74-39-19-14-15-24-70-54(88)45(28-48(67)83)77-61(95)46(29-50(86)87)78-60(94)44(27-38-30-69-32-71-38)76-59(93)43(26-37-17-12-11-13-18-37)79-64(98)53(36(8)10-2)81-56(90)40(20-16-23-66)72-55(39)89;/h11-13,17-18,30,32-36,39-47,51-53H,9-10,14-16,19-29,31,66,68H2,1-8H3,(H2,67,83)(H,69,71)(H,70,88)(H,72,89)(H,73,92)(H,74,97)(H,75,96)(H,76,93)(H,77,95)(H,78,94)(H,79,98)(H,81,90)(H,82,91)(H,84,85)(H,86,87);/q;+2/p-2/t35-,36-,39-,40+,41+,42-,43+,44-,45-,46+,47-,51-,52-,53-;/m0./s1. The predicted molar refractivity (Wildman–Crippen MR) is 359 cm³/mol. The Hall–Kier alpha value is -8.43. The second-order valence-corrected chi connectivity index (χ2v) is 26.8. The largest absolute Gasteiger partial charge is 2.00 e. The van der Waals surface area contributed by atoms with Gasteiger partial charge in [-0.15, -0.1) is 11.8 Å². The van der Waals surface area contributed by atoms with E-state index in [2.05, 4.69) is 73.4 Å². The van der Waals surface area contributed by atoms with Gasteiger partial charge in [-0.25, -0.2) is 4.98 Å². The van der Waals surface area contributed by atoms with Crippen molar-refractivity contribution in [3.8, 4) is 0 Å². The second-order valence-electron chi connectivity index (χ2n) is 25.8. The molecule has 1 aromatic heterocycles. The number of aromatic amines is 1. The molecule has 14 atom stereocenters. The van der Waals surface area contributed by atoms with E-state index in [1.807, 2.05) is 13.8 Å². The molecule has 18 N–H and O–H groups in total. The summed E-state index contributed by atoms with van der Waals surface area (Å²) in [5.74, 6) is -16.3. The van der Waals surface area contributed by atoms with Gasteiger partial charge in [-0.2, -0.15) is 0 Å². The summed E-state index contributed by atoms with van der Waals surface area (Å²) in [7, 11) is 0. The maximum Gasteiger partial charge on any atom is 2.00 e. The average molecular weight is 1470 g/mol. The number of nitrogens with one attached hydrogen (secondary N) is 12. The average Bonchev–Trinajstić information content (AvgIpc) is 1.35. The van der Waals surface area contributed by atoms with Crippen LogP contribution in [0.15, 0.2) is 47.8 Å². The van der Waals surface area contributed by atoms with E-state index in [-0.39, 0.29) is 120 Å². The van der Waals surface area contributed by atoms with Crippen LogP contribution >= 0.6 is 11.8 Å². The molecule has 0 spiro atoms.